The lowest BCUT2D eigenvalue weighted by Crippen LogP contribution is -2.61. The van der Waals surface area contributed by atoms with Gasteiger partial charge in [0.25, 0.3) is 0 Å². The molecule has 1 aliphatic rings. The standard InChI is InChI=1S/C11H18N4O4/c1-5(2)8(9(12)14-19)11(18)15-4-7(16)13-10(17)6(15)3/h5-6,8,19H,4H2,1-3H3,(H2,12,14)(H,13,16,17). The molecular formula is C11H18N4O4. The molecule has 0 aromatic rings. The number of oxime groups is 1. The third kappa shape index (κ3) is 3.01. The minimum atomic E-state index is -0.869. The smallest absolute Gasteiger partial charge is 0.249 e. The Labute approximate surface area is 110 Å². The predicted molar refractivity (Wildman–Crippen MR) is 66.1 cm³/mol. The van der Waals surface area contributed by atoms with Crippen LogP contribution in [0.3, 0.4) is 0 Å². The lowest BCUT2D eigenvalue weighted by molar-refractivity contribution is -0.151. The second-order valence-electron chi connectivity index (χ2n) is 4.80. The fourth-order valence-corrected chi connectivity index (χ4v) is 1.98. The summed E-state index contributed by atoms with van der Waals surface area (Å²) in [7, 11) is 0. The largest absolute Gasteiger partial charge is 0.409 e. The second-order valence-corrected chi connectivity index (χ2v) is 4.80. The van der Waals surface area contributed by atoms with Crippen molar-refractivity contribution < 1.29 is 19.6 Å². The molecule has 3 amide bonds. The number of carbonyl (C=O) groups is 3. The van der Waals surface area contributed by atoms with Gasteiger partial charge in [0, 0.05) is 0 Å². The summed E-state index contributed by atoms with van der Waals surface area (Å²) >= 11 is 0. The molecule has 0 radical (unpaired) electrons. The van der Waals surface area contributed by atoms with E-state index in [0.29, 0.717) is 0 Å². The first-order valence-corrected chi connectivity index (χ1v) is 5.91. The molecule has 0 aliphatic carbocycles. The summed E-state index contributed by atoms with van der Waals surface area (Å²) in [4.78, 5) is 36.3. The number of rotatable bonds is 3. The van der Waals surface area contributed by atoms with Crippen LogP contribution in [0.1, 0.15) is 20.8 Å². The van der Waals surface area contributed by atoms with Gasteiger partial charge in [-0.25, -0.2) is 0 Å². The van der Waals surface area contributed by atoms with Crippen molar-refractivity contribution in [3.63, 3.8) is 0 Å². The van der Waals surface area contributed by atoms with Gasteiger partial charge in [0.1, 0.15) is 18.5 Å². The molecule has 106 valence electrons. The average Bonchev–Trinajstić information content (AvgIpc) is 2.32. The number of imide groups is 1. The fourth-order valence-electron chi connectivity index (χ4n) is 1.98. The molecule has 1 aliphatic heterocycles. The first-order chi connectivity index (χ1) is 8.79. The SMILES string of the molecule is CC(C)C(C(=O)N1CC(=O)NC(=O)C1C)C(N)=NO. The van der Waals surface area contributed by atoms with Crippen LogP contribution in [-0.4, -0.2) is 46.3 Å². The molecule has 0 aromatic heterocycles. The van der Waals surface area contributed by atoms with Crippen molar-refractivity contribution in [2.45, 2.75) is 26.8 Å². The molecule has 1 rings (SSSR count). The number of nitrogens with one attached hydrogen (secondary N) is 1. The Morgan fingerprint density at radius 1 is 1.53 bits per heavy atom. The number of hydrogen-bond donors (Lipinski definition) is 3. The van der Waals surface area contributed by atoms with Gasteiger partial charge in [-0.2, -0.15) is 0 Å². The van der Waals surface area contributed by atoms with E-state index < -0.39 is 29.7 Å². The summed E-state index contributed by atoms with van der Waals surface area (Å²) in [6.07, 6.45) is 0. The Hall–Kier alpha value is -2.12. The highest BCUT2D eigenvalue weighted by molar-refractivity contribution is 6.08. The third-order valence-electron chi connectivity index (χ3n) is 3.07. The van der Waals surface area contributed by atoms with Crippen LogP contribution < -0.4 is 11.1 Å². The van der Waals surface area contributed by atoms with Crippen molar-refractivity contribution in [3.8, 4) is 0 Å². The summed E-state index contributed by atoms with van der Waals surface area (Å²) in [5.41, 5.74) is 5.51. The number of amides is 3. The number of hydrogen-bond acceptors (Lipinski definition) is 5. The molecule has 2 atom stereocenters. The topological polar surface area (TPSA) is 125 Å². The van der Waals surface area contributed by atoms with E-state index in [1.165, 1.54) is 6.92 Å². The molecule has 4 N–H and O–H groups in total. The minimum Gasteiger partial charge on any atom is -0.409 e. The van der Waals surface area contributed by atoms with E-state index in [9.17, 15) is 14.4 Å². The molecule has 8 heteroatoms. The Bertz CT molecular complexity index is 432. The third-order valence-corrected chi connectivity index (χ3v) is 3.07. The van der Waals surface area contributed by atoms with Crippen LogP contribution >= 0.6 is 0 Å². The number of piperazine rings is 1. The van der Waals surface area contributed by atoms with Gasteiger partial charge in [-0.05, 0) is 12.8 Å². The van der Waals surface area contributed by atoms with Crippen LogP contribution in [0.2, 0.25) is 0 Å². The lowest BCUT2D eigenvalue weighted by atomic mass is 9.92. The summed E-state index contributed by atoms with van der Waals surface area (Å²) in [5.74, 6) is -2.90. The molecular weight excluding hydrogens is 252 g/mol. The van der Waals surface area contributed by atoms with Gasteiger partial charge >= 0.3 is 0 Å². The molecule has 0 bridgehead atoms. The van der Waals surface area contributed by atoms with Crippen LogP contribution in [-0.2, 0) is 14.4 Å². The quantitative estimate of drug-likeness (QED) is 0.197. The van der Waals surface area contributed by atoms with Gasteiger partial charge in [-0.1, -0.05) is 19.0 Å². The Morgan fingerprint density at radius 3 is 2.58 bits per heavy atom. The van der Waals surface area contributed by atoms with Crippen molar-refractivity contribution in [2.75, 3.05) is 6.54 Å². The van der Waals surface area contributed by atoms with Gasteiger partial charge in [-0.3, -0.25) is 19.7 Å². The van der Waals surface area contributed by atoms with Crippen molar-refractivity contribution >= 4 is 23.6 Å². The van der Waals surface area contributed by atoms with Crippen LogP contribution in [0.15, 0.2) is 5.16 Å². The zero-order valence-corrected chi connectivity index (χ0v) is 11.1. The van der Waals surface area contributed by atoms with Crippen molar-refractivity contribution in [1.29, 1.82) is 0 Å². The fraction of sp³-hybridized carbons (Fsp3) is 0.636. The van der Waals surface area contributed by atoms with Crippen molar-refractivity contribution in [1.82, 2.24) is 10.2 Å². The molecule has 1 heterocycles. The summed E-state index contributed by atoms with van der Waals surface area (Å²) in [6.45, 7) is 4.77. The maximum atomic E-state index is 12.4. The van der Waals surface area contributed by atoms with Gasteiger partial charge in [0.05, 0.1) is 0 Å². The van der Waals surface area contributed by atoms with Gasteiger partial charge in [-0.15, -0.1) is 0 Å². The molecule has 8 nitrogen and oxygen atoms in total. The van der Waals surface area contributed by atoms with E-state index in [1.807, 2.05) is 0 Å². The number of nitrogens with zero attached hydrogens (tertiary/aromatic N) is 2. The van der Waals surface area contributed by atoms with E-state index in [4.69, 9.17) is 10.9 Å². The first-order valence-electron chi connectivity index (χ1n) is 5.91. The monoisotopic (exact) mass is 270 g/mol. The maximum Gasteiger partial charge on any atom is 0.249 e. The highest BCUT2D eigenvalue weighted by Crippen LogP contribution is 2.18. The van der Waals surface area contributed by atoms with Gasteiger partial charge in [0.2, 0.25) is 17.7 Å². The maximum absolute atomic E-state index is 12.4. The molecule has 19 heavy (non-hydrogen) atoms. The van der Waals surface area contributed by atoms with E-state index in [2.05, 4.69) is 10.5 Å². The number of carbonyl (C=O) groups excluding carboxylic acids is 3. The van der Waals surface area contributed by atoms with Gasteiger partial charge in [0.15, 0.2) is 5.84 Å². The van der Waals surface area contributed by atoms with E-state index in [1.54, 1.807) is 13.8 Å². The van der Waals surface area contributed by atoms with E-state index >= 15 is 0 Å². The number of nitrogens with two attached hydrogens (primary N) is 1. The molecule has 0 aromatic carbocycles. The average molecular weight is 270 g/mol. The zero-order chi connectivity index (χ0) is 14.7. The van der Waals surface area contributed by atoms with Crippen LogP contribution in [0.25, 0.3) is 0 Å². The highest BCUT2D eigenvalue weighted by Gasteiger charge is 2.39. The molecule has 0 saturated carbocycles. The Balaban J connectivity index is 3.02. The van der Waals surface area contributed by atoms with E-state index in [0.717, 1.165) is 4.90 Å². The van der Waals surface area contributed by atoms with Crippen molar-refractivity contribution in [3.05, 3.63) is 0 Å². The molecule has 1 fully saturated rings. The normalized spacial score (nSPS) is 22.4. The van der Waals surface area contributed by atoms with Crippen LogP contribution in [0, 0.1) is 11.8 Å². The second kappa shape index (κ2) is 5.68. The minimum absolute atomic E-state index is 0.215. The number of amidine groups is 1. The van der Waals surface area contributed by atoms with E-state index in [-0.39, 0.29) is 18.3 Å². The molecule has 0 spiro atoms. The highest BCUT2D eigenvalue weighted by atomic mass is 16.4. The van der Waals surface area contributed by atoms with Crippen LogP contribution in [0.5, 0.6) is 0 Å². The molecule has 2 unspecified atom stereocenters. The summed E-state index contributed by atoms with van der Waals surface area (Å²) in [6, 6.07) is -0.766. The summed E-state index contributed by atoms with van der Waals surface area (Å²) in [5, 5.41) is 13.7. The Morgan fingerprint density at radius 2 is 2.11 bits per heavy atom. The summed E-state index contributed by atoms with van der Waals surface area (Å²) < 4.78 is 0. The Kier molecular flexibility index (Phi) is 4.47. The van der Waals surface area contributed by atoms with Crippen molar-refractivity contribution in [2.24, 2.45) is 22.7 Å². The zero-order valence-electron chi connectivity index (χ0n) is 11.1. The van der Waals surface area contributed by atoms with Gasteiger partial charge < -0.3 is 15.8 Å². The lowest BCUT2D eigenvalue weighted by Gasteiger charge is -2.34. The molecule has 1 saturated heterocycles. The van der Waals surface area contributed by atoms with Crippen LogP contribution in [0.4, 0.5) is 0 Å². The predicted octanol–water partition coefficient (Wildman–Crippen LogP) is -1.12. The first kappa shape index (κ1) is 14.9.